The highest BCUT2D eigenvalue weighted by atomic mass is 79.9. The Balaban J connectivity index is 2.63. The molecule has 5 heteroatoms. The first-order valence-electron chi connectivity index (χ1n) is 4.63. The van der Waals surface area contributed by atoms with Crippen LogP contribution in [0.4, 0.5) is 0 Å². The fourth-order valence-electron chi connectivity index (χ4n) is 1.49. The summed E-state index contributed by atoms with van der Waals surface area (Å²) in [5.74, 6) is 0. The third-order valence-electron chi connectivity index (χ3n) is 2.23. The number of hydrogen-bond donors (Lipinski definition) is 1. The third-order valence-corrected chi connectivity index (χ3v) is 2.73. The third kappa shape index (κ3) is 1.87. The summed E-state index contributed by atoms with van der Waals surface area (Å²) in [6.45, 7) is 2.05. The van der Waals surface area contributed by atoms with Crippen LogP contribution in [-0.4, -0.2) is 14.8 Å². The minimum atomic E-state index is -0.216. The summed E-state index contributed by atoms with van der Waals surface area (Å²) >= 11 is 3.41. The number of hydrogen-bond acceptors (Lipinski definition) is 2. The van der Waals surface area contributed by atoms with Gasteiger partial charge >= 0.3 is 5.69 Å². The Labute approximate surface area is 95.1 Å². The summed E-state index contributed by atoms with van der Waals surface area (Å²) in [4.78, 5) is 11.4. The van der Waals surface area contributed by atoms with Crippen LogP contribution < -0.4 is 5.69 Å². The number of benzene rings is 1. The van der Waals surface area contributed by atoms with E-state index in [1.807, 2.05) is 18.2 Å². The molecule has 1 heterocycles. The van der Waals surface area contributed by atoms with E-state index in [1.54, 1.807) is 0 Å². The SMILES string of the molecule is CCc1cc(Br)ccc1-n1cn[nH]c1=O. The first kappa shape index (κ1) is 10.2. The molecule has 0 saturated heterocycles. The van der Waals surface area contributed by atoms with Gasteiger partial charge in [0.2, 0.25) is 0 Å². The molecule has 0 fully saturated rings. The predicted octanol–water partition coefficient (Wildman–Crippen LogP) is 1.89. The lowest BCUT2D eigenvalue weighted by atomic mass is 10.1. The van der Waals surface area contributed by atoms with Crippen molar-refractivity contribution in [1.82, 2.24) is 14.8 Å². The lowest BCUT2D eigenvalue weighted by Gasteiger charge is -2.07. The monoisotopic (exact) mass is 267 g/mol. The Morgan fingerprint density at radius 1 is 1.53 bits per heavy atom. The quantitative estimate of drug-likeness (QED) is 0.904. The van der Waals surface area contributed by atoms with E-state index in [0.29, 0.717) is 0 Å². The predicted molar refractivity (Wildman–Crippen MR) is 61.3 cm³/mol. The molecule has 1 aromatic carbocycles. The number of nitrogens with one attached hydrogen (secondary N) is 1. The molecule has 0 amide bonds. The van der Waals surface area contributed by atoms with Crippen LogP contribution in [0.2, 0.25) is 0 Å². The normalized spacial score (nSPS) is 10.5. The molecule has 78 valence electrons. The van der Waals surface area contributed by atoms with Crippen molar-refractivity contribution >= 4 is 15.9 Å². The lowest BCUT2D eigenvalue weighted by Crippen LogP contribution is -2.15. The van der Waals surface area contributed by atoms with Gasteiger partial charge in [0.25, 0.3) is 0 Å². The fraction of sp³-hybridized carbons (Fsp3) is 0.200. The average molecular weight is 268 g/mol. The number of rotatable bonds is 2. The number of H-pyrrole nitrogens is 1. The molecule has 2 rings (SSSR count). The van der Waals surface area contributed by atoms with Crippen LogP contribution in [0.5, 0.6) is 0 Å². The molecular weight excluding hydrogens is 258 g/mol. The summed E-state index contributed by atoms with van der Waals surface area (Å²) in [6, 6.07) is 5.82. The van der Waals surface area contributed by atoms with Crippen molar-refractivity contribution in [2.24, 2.45) is 0 Å². The maximum atomic E-state index is 11.4. The van der Waals surface area contributed by atoms with Gasteiger partial charge in [-0.15, -0.1) is 0 Å². The molecule has 1 N–H and O–H groups in total. The van der Waals surface area contributed by atoms with E-state index in [4.69, 9.17) is 0 Å². The Morgan fingerprint density at radius 2 is 2.33 bits per heavy atom. The van der Waals surface area contributed by atoms with Gasteiger partial charge in [0, 0.05) is 4.47 Å². The Hall–Kier alpha value is -1.36. The first-order chi connectivity index (χ1) is 7.22. The maximum Gasteiger partial charge on any atom is 0.347 e. The van der Waals surface area contributed by atoms with Crippen LogP contribution in [0, 0.1) is 0 Å². The Bertz CT molecular complexity index is 529. The second kappa shape index (κ2) is 4.02. The van der Waals surface area contributed by atoms with E-state index in [0.717, 1.165) is 22.1 Å². The van der Waals surface area contributed by atoms with E-state index in [9.17, 15) is 4.79 Å². The molecule has 0 unspecified atom stereocenters. The van der Waals surface area contributed by atoms with Crippen molar-refractivity contribution in [3.63, 3.8) is 0 Å². The molecule has 0 bridgehead atoms. The summed E-state index contributed by atoms with van der Waals surface area (Å²) in [7, 11) is 0. The maximum absolute atomic E-state index is 11.4. The molecule has 2 aromatic rings. The molecular formula is C10H10BrN3O. The minimum absolute atomic E-state index is 0.216. The van der Waals surface area contributed by atoms with Crippen LogP contribution in [0.1, 0.15) is 12.5 Å². The summed E-state index contributed by atoms with van der Waals surface area (Å²) in [5, 5.41) is 6.09. The Kier molecular flexibility index (Phi) is 2.73. The Morgan fingerprint density at radius 3 is 2.93 bits per heavy atom. The van der Waals surface area contributed by atoms with Gasteiger partial charge < -0.3 is 0 Å². The molecule has 0 aliphatic heterocycles. The number of aromatic nitrogens is 3. The van der Waals surface area contributed by atoms with Crippen LogP contribution in [0.25, 0.3) is 5.69 Å². The van der Waals surface area contributed by atoms with Crippen molar-refractivity contribution in [2.75, 3.05) is 0 Å². The number of halogens is 1. The zero-order valence-electron chi connectivity index (χ0n) is 8.20. The molecule has 0 aliphatic carbocycles. The minimum Gasteiger partial charge on any atom is -0.250 e. The topological polar surface area (TPSA) is 50.7 Å². The second-order valence-corrected chi connectivity index (χ2v) is 4.07. The largest absolute Gasteiger partial charge is 0.347 e. The van der Waals surface area contributed by atoms with Crippen molar-refractivity contribution in [3.8, 4) is 5.69 Å². The molecule has 0 aliphatic rings. The molecule has 0 saturated carbocycles. The van der Waals surface area contributed by atoms with Gasteiger partial charge in [-0.05, 0) is 30.2 Å². The van der Waals surface area contributed by atoms with Gasteiger partial charge in [0.1, 0.15) is 6.33 Å². The highest BCUT2D eigenvalue weighted by molar-refractivity contribution is 9.10. The van der Waals surface area contributed by atoms with Gasteiger partial charge in [-0.1, -0.05) is 22.9 Å². The molecule has 1 aromatic heterocycles. The smallest absolute Gasteiger partial charge is 0.250 e. The molecule has 15 heavy (non-hydrogen) atoms. The van der Waals surface area contributed by atoms with Crippen molar-refractivity contribution in [1.29, 1.82) is 0 Å². The highest BCUT2D eigenvalue weighted by Gasteiger charge is 2.06. The van der Waals surface area contributed by atoms with Crippen LogP contribution in [-0.2, 0) is 6.42 Å². The van der Waals surface area contributed by atoms with Crippen molar-refractivity contribution < 1.29 is 0 Å². The van der Waals surface area contributed by atoms with Gasteiger partial charge in [0.15, 0.2) is 0 Å². The standard InChI is InChI=1S/C10H10BrN3O/c1-2-7-5-8(11)3-4-9(7)14-6-12-13-10(14)15/h3-6H,2H2,1H3,(H,13,15). The van der Waals surface area contributed by atoms with Gasteiger partial charge in [-0.2, -0.15) is 5.10 Å². The number of nitrogens with zero attached hydrogens (tertiary/aromatic N) is 2. The fourth-order valence-corrected chi connectivity index (χ4v) is 1.90. The number of aryl methyl sites for hydroxylation is 1. The first-order valence-corrected chi connectivity index (χ1v) is 5.42. The van der Waals surface area contributed by atoms with Crippen LogP contribution >= 0.6 is 15.9 Å². The summed E-state index contributed by atoms with van der Waals surface area (Å²) in [5.41, 5.74) is 1.76. The van der Waals surface area contributed by atoms with E-state index in [1.165, 1.54) is 10.9 Å². The van der Waals surface area contributed by atoms with Gasteiger partial charge in [-0.25, -0.2) is 14.5 Å². The van der Waals surface area contributed by atoms with Gasteiger partial charge in [-0.3, -0.25) is 0 Å². The summed E-state index contributed by atoms with van der Waals surface area (Å²) in [6.07, 6.45) is 2.36. The van der Waals surface area contributed by atoms with Crippen molar-refractivity contribution in [2.45, 2.75) is 13.3 Å². The number of aromatic amines is 1. The summed E-state index contributed by atoms with van der Waals surface area (Å²) < 4.78 is 2.52. The van der Waals surface area contributed by atoms with Crippen molar-refractivity contribution in [3.05, 3.63) is 45.0 Å². The second-order valence-electron chi connectivity index (χ2n) is 3.16. The molecule has 0 spiro atoms. The van der Waals surface area contributed by atoms with E-state index >= 15 is 0 Å². The van der Waals surface area contributed by atoms with Crippen LogP contribution in [0.15, 0.2) is 33.8 Å². The lowest BCUT2D eigenvalue weighted by molar-refractivity contribution is 0.953. The molecule has 0 radical (unpaired) electrons. The van der Waals surface area contributed by atoms with Crippen LogP contribution in [0.3, 0.4) is 0 Å². The van der Waals surface area contributed by atoms with E-state index < -0.39 is 0 Å². The zero-order chi connectivity index (χ0) is 10.8. The van der Waals surface area contributed by atoms with E-state index in [-0.39, 0.29) is 5.69 Å². The highest BCUT2D eigenvalue weighted by Crippen LogP contribution is 2.19. The molecule has 4 nitrogen and oxygen atoms in total. The molecule has 0 atom stereocenters. The van der Waals surface area contributed by atoms with Gasteiger partial charge in [0.05, 0.1) is 5.69 Å². The zero-order valence-corrected chi connectivity index (χ0v) is 9.78. The average Bonchev–Trinajstić information content (AvgIpc) is 2.64. The van der Waals surface area contributed by atoms with E-state index in [2.05, 4.69) is 33.1 Å².